The van der Waals surface area contributed by atoms with Gasteiger partial charge in [0, 0.05) is 42.8 Å². The van der Waals surface area contributed by atoms with Crippen molar-refractivity contribution in [2.24, 2.45) is 0 Å². The van der Waals surface area contributed by atoms with E-state index in [0.29, 0.717) is 10.3 Å². The van der Waals surface area contributed by atoms with Crippen LogP contribution in [0.5, 0.6) is 0 Å². The Kier molecular flexibility index (Phi) is 8.72. The maximum Gasteiger partial charge on any atom is 0.412 e. The lowest BCUT2D eigenvalue weighted by atomic mass is 10.1. The summed E-state index contributed by atoms with van der Waals surface area (Å²) >= 11 is 0.931. The van der Waals surface area contributed by atoms with E-state index in [4.69, 9.17) is 9.47 Å². The van der Waals surface area contributed by atoms with Gasteiger partial charge >= 0.3 is 6.09 Å². The molecule has 0 saturated heterocycles. The van der Waals surface area contributed by atoms with Gasteiger partial charge in [0.25, 0.3) is 0 Å². The topological polar surface area (TPSA) is 166 Å². The van der Waals surface area contributed by atoms with Crippen molar-refractivity contribution in [1.29, 1.82) is 0 Å². The fourth-order valence-corrected chi connectivity index (χ4v) is 6.07. The summed E-state index contributed by atoms with van der Waals surface area (Å²) in [7, 11) is -2.49. The Balaban J connectivity index is 1.52. The first-order valence-corrected chi connectivity index (χ1v) is 14.6. The molecule has 1 aromatic carbocycles. The van der Waals surface area contributed by atoms with Crippen molar-refractivity contribution in [3.05, 3.63) is 41.3 Å². The van der Waals surface area contributed by atoms with Crippen LogP contribution in [0.2, 0.25) is 0 Å². The average Bonchev–Trinajstić information content (AvgIpc) is 3.59. The molecule has 39 heavy (non-hydrogen) atoms. The largest absolute Gasteiger partial charge is 0.447 e. The fraction of sp³-hybridized carbons (Fsp3) is 0.375. The Hall–Kier alpha value is -3.69. The number of ether oxygens (including phenoxy) is 2. The second-order valence-corrected chi connectivity index (χ2v) is 12.0. The molecule has 1 aliphatic carbocycles. The SMILES string of the molecule is COCCOC(=O)Nc1ccc(-c2cc3sc(C(C(=O)NCC(=O)NC4CC4)S(C)(=O)=O)nc3cc2F)cn1. The number of fused-ring (bicyclic) bond motifs is 1. The summed E-state index contributed by atoms with van der Waals surface area (Å²) in [5.74, 6) is -1.75. The van der Waals surface area contributed by atoms with Crippen molar-refractivity contribution in [3.8, 4) is 11.1 Å². The summed E-state index contributed by atoms with van der Waals surface area (Å²) in [5, 5.41) is 5.80. The number of methoxy groups -OCH3 is 1. The van der Waals surface area contributed by atoms with E-state index in [1.165, 1.54) is 25.4 Å². The number of carbonyl (C=O) groups is 3. The zero-order valence-corrected chi connectivity index (χ0v) is 22.7. The molecule has 1 unspecified atom stereocenters. The molecule has 0 bridgehead atoms. The number of aromatic nitrogens is 2. The standard InChI is InChI=1S/C24H26FN5O7S2/c1-36-7-8-37-24(33)30-19-6-3-13(11-26-19)15-9-18-17(10-16(15)25)29-23(38-18)21(39(2,34)35)22(32)27-12-20(31)28-14-4-5-14/h3,6,9-11,14,21H,4-5,7-8,12H2,1-2H3,(H,27,32)(H,28,31)(H,26,30,33). The minimum atomic E-state index is -3.97. The number of pyridine rings is 1. The van der Waals surface area contributed by atoms with Gasteiger partial charge in [0.2, 0.25) is 11.8 Å². The molecule has 1 saturated carbocycles. The van der Waals surface area contributed by atoms with Crippen molar-refractivity contribution in [2.45, 2.75) is 24.1 Å². The van der Waals surface area contributed by atoms with Crippen LogP contribution < -0.4 is 16.0 Å². The summed E-state index contributed by atoms with van der Waals surface area (Å²) in [4.78, 5) is 44.8. The molecule has 1 fully saturated rings. The van der Waals surface area contributed by atoms with Gasteiger partial charge < -0.3 is 20.1 Å². The molecular weight excluding hydrogens is 553 g/mol. The normalized spacial score (nSPS) is 14.0. The molecule has 0 radical (unpaired) electrons. The Labute approximate surface area is 227 Å². The van der Waals surface area contributed by atoms with Crippen LogP contribution in [0.4, 0.5) is 15.0 Å². The van der Waals surface area contributed by atoms with E-state index in [9.17, 15) is 22.8 Å². The van der Waals surface area contributed by atoms with Crippen LogP contribution >= 0.6 is 11.3 Å². The highest BCUT2D eigenvalue weighted by Crippen LogP contribution is 2.35. The first-order chi connectivity index (χ1) is 18.5. The molecule has 4 rings (SSSR count). The van der Waals surface area contributed by atoms with Gasteiger partial charge in [-0.3, -0.25) is 14.9 Å². The first kappa shape index (κ1) is 28.3. The predicted octanol–water partition coefficient (Wildman–Crippen LogP) is 2.17. The monoisotopic (exact) mass is 579 g/mol. The molecule has 3 amide bonds. The number of thiazole rings is 1. The summed E-state index contributed by atoms with van der Waals surface area (Å²) in [6.07, 6.45) is 3.28. The quantitative estimate of drug-likeness (QED) is 0.289. The Morgan fingerprint density at radius 2 is 1.97 bits per heavy atom. The third-order valence-electron chi connectivity index (χ3n) is 5.58. The molecular formula is C24H26FN5O7S2. The molecule has 208 valence electrons. The van der Waals surface area contributed by atoms with Crippen LogP contribution in [-0.4, -0.2) is 75.5 Å². The number of benzene rings is 1. The minimum absolute atomic E-state index is 0.0474. The molecule has 1 atom stereocenters. The first-order valence-electron chi connectivity index (χ1n) is 11.8. The average molecular weight is 580 g/mol. The molecule has 2 aromatic heterocycles. The van der Waals surface area contributed by atoms with E-state index < -0.39 is 38.8 Å². The Morgan fingerprint density at radius 1 is 1.21 bits per heavy atom. The lowest BCUT2D eigenvalue weighted by Crippen LogP contribution is -2.41. The summed E-state index contributed by atoms with van der Waals surface area (Å²) < 4.78 is 50.1. The molecule has 2 heterocycles. The fourth-order valence-electron chi connectivity index (χ4n) is 3.54. The van der Waals surface area contributed by atoms with Gasteiger partial charge in [0.15, 0.2) is 15.1 Å². The van der Waals surface area contributed by atoms with Gasteiger partial charge in [-0.05, 0) is 31.0 Å². The van der Waals surface area contributed by atoms with Crippen molar-refractivity contribution in [1.82, 2.24) is 20.6 Å². The van der Waals surface area contributed by atoms with E-state index in [1.54, 1.807) is 6.07 Å². The van der Waals surface area contributed by atoms with Crippen LogP contribution in [0.1, 0.15) is 23.1 Å². The minimum Gasteiger partial charge on any atom is -0.447 e. The molecule has 0 aliphatic heterocycles. The summed E-state index contributed by atoms with van der Waals surface area (Å²) in [6.45, 7) is -0.0538. The highest BCUT2D eigenvalue weighted by molar-refractivity contribution is 7.91. The number of carbonyl (C=O) groups excluding carboxylic acids is 3. The number of amides is 3. The summed E-state index contributed by atoms with van der Waals surface area (Å²) in [6, 6.07) is 5.74. The van der Waals surface area contributed by atoms with Crippen molar-refractivity contribution in [3.63, 3.8) is 0 Å². The second kappa shape index (κ2) is 12.0. The van der Waals surface area contributed by atoms with Crippen LogP contribution in [-0.2, 0) is 28.9 Å². The Bertz CT molecular complexity index is 1490. The van der Waals surface area contributed by atoms with Crippen LogP contribution in [0.25, 0.3) is 21.3 Å². The van der Waals surface area contributed by atoms with Gasteiger partial charge in [0.1, 0.15) is 23.2 Å². The van der Waals surface area contributed by atoms with Crippen molar-refractivity contribution < 1.29 is 36.7 Å². The highest BCUT2D eigenvalue weighted by atomic mass is 32.2. The van der Waals surface area contributed by atoms with Gasteiger partial charge in [-0.25, -0.2) is 27.6 Å². The van der Waals surface area contributed by atoms with Gasteiger partial charge in [-0.2, -0.15) is 0 Å². The van der Waals surface area contributed by atoms with Crippen LogP contribution in [0, 0.1) is 5.82 Å². The van der Waals surface area contributed by atoms with Crippen molar-refractivity contribution in [2.75, 3.05) is 38.4 Å². The zero-order valence-electron chi connectivity index (χ0n) is 21.0. The maximum absolute atomic E-state index is 15.0. The number of hydrogen-bond acceptors (Lipinski definition) is 10. The molecule has 3 N–H and O–H groups in total. The predicted molar refractivity (Wildman–Crippen MR) is 141 cm³/mol. The highest BCUT2D eigenvalue weighted by Gasteiger charge is 2.34. The lowest BCUT2D eigenvalue weighted by molar-refractivity contribution is -0.126. The second-order valence-electron chi connectivity index (χ2n) is 8.81. The van der Waals surface area contributed by atoms with Crippen LogP contribution in [0.15, 0.2) is 30.5 Å². The molecule has 12 nitrogen and oxygen atoms in total. The maximum atomic E-state index is 15.0. The van der Waals surface area contributed by atoms with E-state index >= 15 is 4.39 Å². The number of nitrogens with zero attached hydrogens (tertiary/aromatic N) is 2. The molecule has 15 heteroatoms. The van der Waals surface area contributed by atoms with E-state index in [1.807, 2.05) is 0 Å². The van der Waals surface area contributed by atoms with Crippen molar-refractivity contribution >= 4 is 55.1 Å². The molecule has 1 aliphatic rings. The number of rotatable bonds is 11. The van der Waals surface area contributed by atoms with E-state index in [-0.39, 0.29) is 47.7 Å². The molecule has 0 spiro atoms. The smallest absolute Gasteiger partial charge is 0.412 e. The number of anilines is 1. The zero-order chi connectivity index (χ0) is 28.2. The number of hydrogen-bond donors (Lipinski definition) is 3. The lowest BCUT2D eigenvalue weighted by Gasteiger charge is -2.12. The van der Waals surface area contributed by atoms with E-state index in [2.05, 4.69) is 25.9 Å². The summed E-state index contributed by atoms with van der Waals surface area (Å²) in [5.41, 5.74) is 0.729. The number of halogens is 1. The van der Waals surface area contributed by atoms with Gasteiger partial charge in [-0.1, -0.05) is 0 Å². The van der Waals surface area contributed by atoms with Crippen LogP contribution in [0.3, 0.4) is 0 Å². The number of sulfone groups is 1. The third-order valence-corrected chi connectivity index (χ3v) is 8.10. The number of nitrogens with one attached hydrogen (secondary N) is 3. The van der Waals surface area contributed by atoms with Gasteiger partial charge in [-0.15, -0.1) is 11.3 Å². The third kappa shape index (κ3) is 7.46. The Morgan fingerprint density at radius 3 is 2.62 bits per heavy atom. The molecule has 3 aromatic rings. The van der Waals surface area contributed by atoms with Gasteiger partial charge in [0.05, 0.1) is 23.4 Å². The van der Waals surface area contributed by atoms with E-state index in [0.717, 1.165) is 36.5 Å².